The molecule has 2 rings (SSSR count). The molecule has 0 saturated carbocycles. The Morgan fingerprint density at radius 1 is 1.59 bits per heavy atom. The van der Waals surface area contributed by atoms with Crippen LogP contribution in [0.5, 0.6) is 0 Å². The summed E-state index contributed by atoms with van der Waals surface area (Å²) in [6.07, 6.45) is 0.468. The first kappa shape index (κ1) is 11.3. The molecule has 1 heterocycles. The quantitative estimate of drug-likeness (QED) is 0.745. The van der Waals surface area contributed by atoms with E-state index in [0.29, 0.717) is 23.2 Å². The number of nitrogens with one attached hydrogen (secondary N) is 2. The molecule has 0 radical (unpaired) electrons. The summed E-state index contributed by atoms with van der Waals surface area (Å²) in [5, 5.41) is 11.8. The van der Waals surface area contributed by atoms with Crippen molar-refractivity contribution < 1.29 is 14.3 Å². The second-order valence-electron chi connectivity index (χ2n) is 3.67. The number of H-pyrrole nitrogens is 1. The Kier molecular flexibility index (Phi) is 2.86. The van der Waals surface area contributed by atoms with E-state index in [1.807, 2.05) is 0 Å². The number of fused-ring (bicyclic) bond motifs is 1. The Morgan fingerprint density at radius 3 is 3.00 bits per heavy atom. The second kappa shape index (κ2) is 4.32. The van der Waals surface area contributed by atoms with Gasteiger partial charge in [0.15, 0.2) is 5.58 Å². The van der Waals surface area contributed by atoms with Crippen molar-refractivity contribution in [3.8, 4) is 0 Å². The zero-order valence-electron chi connectivity index (χ0n) is 9.19. The molecule has 1 aromatic heterocycles. The predicted molar refractivity (Wildman–Crippen MR) is 62.2 cm³/mol. The molecule has 6 nitrogen and oxygen atoms in total. The molecule has 1 aromatic carbocycles. The van der Waals surface area contributed by atoms with Gasteiger partial charge in [0.2, 0.25) is 0 Å². The second-order valence-corrected chi connectivity index (χ2v) is 3.67. The number of carboxylic acid groups (broad SMARTS) is 1. The Bertz CT molecular complexity index is 599. The average molecular weight is 236 g/mol. The van der Waals surface area contributed by atoms with Crippen LogP contribution in [0.25, 0.3) is 11.1 Å². The minimum Gasteiger partial charge on any atom is -0.480 e. The van der Waals surface area contributed by atoms with E-state index in [4.69, 9.17) is 9.52 Å². The van der Waals surface area contributed by atoms with Crippen LogP contribution in [0.15, 0.2) is 27.4 Å². The van der Waals surface area contributed by atoms with Crippen molar-refractivity contribution in [2.75, 3.05) is 5.32 Å². The van der Waals surface area contributed by atoms with Crippen LogP contribution in [0.4, 0.5) is 5.69 Å². The molecule has 6 heteroatoms. The molecule has 90 valence electrons. The Morgan fingerprint density at radius 2 is 2.35 bits per heavy atom. The highest BCUT2D eigenvalue weighted by molar-refractivity contribution is 5.80. The maximum atomic E-state index is 11.0. The molecular formula is C11H12N2O4. The van der Waals surface area contributed by atoms with Crippen LogP contribution in [0.2, 0.25) is 0 Å². The number of hydrogen-bond donors (Lipinski definition) is 3. The van der Waals surface area contributed by atoms with Crippen molar-refractivity contribution in [3.05, 3.63) is 28.7 Å². The summed E-state index contributed by atoms with van der Waals surface area (Å²) in [4.78, 5) is 24.3. The normalized spacial score (nSPS) is 12.5. The van der Waals surface area contributed by atoms with Crippen molar-refractivity contribution in [1.29, 1.82) is 0 Å². The van der Waals surface area contributed by atoms with E-state index in [2.05, 4.69) is 10.3 Å². The first-order chi connectivity index (χ1) is 8.10. The van der Waals surface area contributed by atoms with Crippen molar-refractivity contribution in [1.82, 2.24) is 4.98 Å². The van der Waals surface area contributed by atoms with Gasteiger partial charge in [-0.1, -0.05) is 6.92 Å². The summed E-state index contributed by atoms with van der Waals surface area (Å²) >= 11 is 0. The largest absolute Gasteiger partial charge is 0.480 e. The van der Waals surface area contributed by atoms with Gasteiger partial charge in [-0.05, 0) is 24.6 Å². The van der Waals surface area contributed by atoms with Crippen molar-refractivity contribution >= 4 is 22.8 Å². The fraction of sp³-hybridized carbons (Fsp3) is 0.273. The minimum atomic E-state index is -0.909. The van der Waals surface area contributed by atoms with Crippen LogP contribution in [0, 0.1) is 0 Å². The molecule has 0 fully saturated rings. The molecule has 3 N–H and O–H groups in total. The number of aromatic nitrogens is 1. The summed E-state index contributed by atoms with van der Waals surface area (Å²) in [5.74, 6) is -1.43. The van der Waals surface area contributed by atoms with E-state index in [1.165, 1.54) is 0 Å². The van der Waals surface area contributed by atoms with Gasteiger partial charge in [0.1, 0.15) is 6.04 Å². The summed E-state index contributed by atoms with van der Waals surface area (Å²) in [5.41, 5.74) is 1.62. The molecule has 0 spiro atoms. The molecule has 0 aliphatic carbocycles. The molecular weight excluding hydrogens is 224 g/mol. The van der Waals surface area contributed by atoms with Crippen LogP contribution in [-0.4, -0.2) is 22.1 Å². The molecule has 1 unspecified atom stereocenters. The molecule has 0 aliphatic rings. The fourth-order valence-corrected chi connectivity index (χ4v) is 1.58. The van der Waals surface area contributed by atoms with Crippen LogP contribution < -0.4 is 11.1 Å². The van der Waals surface area contributed by atoms with Crippen molar-refractivity contribution in [2.45, 2.75) is 19.4 Å². The van der Waals surface area contributed by atoms with Crippen LogP contribution in [0.3, 0.4) is 0 Å². The van der Waals surface area contributed by atoms with Crippen molar-refractivity contribution in [3.63, 3.8) is 0 Å². The van der Waals surface area contributed by atoms with Crippen molar-refractivity contribution in [2.24, 2.45) is 0 Å². The van der Waals surface area contributed by atoms with Crippen LogP contribution in [0.1, 0.15) is 13.3 Å². The highest BCUT2D eigenvalue weighted by atomic mass is 16.4. The van der Waals surface area contributed by atoms with E-state index >= 15 is 0 Å². The lowest BCUT2D eigenvalue weighted by Crippen LogP contribution is -2.28. The average Bonchev–Trinajstić information content (AvgIpc) is 2.64. The number of aromatic amines is 1. The molecule has 2 aromatic rings. The van der Waals surface area contributed by atoms with E-state index < -0.39 is 17.8 Å². The number of aliphatic carboxylic acids is 1. The van der Waals surface area contributed by atoms with Gasteiger partial charge >= 0.3 is 11.7 Å². The third-order valence-corrected chi connectivity index (χ3v) is 2.47. The number of hydrogen-bond acceptors (Lipinski definition) is 4. The molecule has 1 atom stereocenters. The van der Waals surface area contributed by atoms with E-state index in [9.17, 15) is 9.59 Å². The van der Waals surface area contributed by atoms with E-state index in [1.54, 1.807) is 25.1 Å². The number of anilines is 1. The van der Waals surface area contributed by atoms with Gasteiger partial charge in [-0.15, -0.1) is 0 Å². The smallest absolute Gasteiger partial charge is 0.417 e. The SMILES string of the molecule is CCC(Nc1ccc2oc(=O)[nH]c2c1)C(=O)O. The number of rotatable bonds is 4. The predicted octanol–water partition coefficient (Wildman–Crippen LogP) is 1.40. The molecule has 0 bridgehead atoms. The minimum absolute atomic E-state index is 0.448. The third kappa shape index (κ3) is 2.30. The number of carbonyl (C=O) groups is 1. The summed E-state index contributed by atoms with van der Waals surface area (Å²) < 4.78 is 4.85. The lowest BCUT2D eigenvalue weighted by Gasteiger charge is -2.13. The highest BCUT2D eigenvalue weighted by Gasteiger charge is 2.14. The van der Waals surface area contributed by atoms with E-state index in [0.717, 1.165) is 0 Å². The van der Waals surface area contributed by atoms with Gasteiger partial charge in [-0.3, -0.25) is 4.98 Å². The summed E-state index contributed by atoms with van der Waals surface area (Å²) in [6.45, 7) is 1.78. The first-order valence-electron chi connectivity index (χ1n) is 5.22. The molecule has 0 aliphatic heterocycles. The zero-order chi connectivity index (χ0) is 12.4. The summed E-state index contributed by atoms with van der Waals surface area (Å²) in [6, 6.07) is 4.28. The number of oxazole rings is 1. The van der Waals surface area contributed by atoms with Gasteiger partial charge in [0.05, 0.1) is 5.52 Å². The van der Waals surface area contributed by atoms with Crippen LogP contribution >= 0.6 is 0 Å². The van der Waals surface area contributed by atoms with Crippen LogP contribution in [-0.2, 0) is 4.79 Å². The third-order valence-electron chi connectivity index (χ3n) is 2.47. The van der Waals surface area contributed by atoms with Gasteiger partial charge in [-0.25, -0.2) is 9.59 Å². The lowest BCUT2D eigenvalue weighted by molar-refractivity contribution is -0.137. The molecule has 0 amide bonds. The van der Waals surface area contributed by atoms with Gasteiger partial charge in [0.25, 0.3) is 0 Å². The van der Waals surface area contributed by atoms with Gasteiger partial charge in [-0.2, -0.15) is 0 Å². The maximum Gasteiger partial charge on any atom is 0.417 e. The number of benzene rings is 1. The Labute approximate surface area is 96.3 Å². The van der Waals surface area contributed by atoms with Gasteiger partial charge in [0, 0.05) is 5.69 Å². The molecule has 17 heavy (non-hydrogen) atoms. The fourth-order valence-electron chi connectivity index (χ4n) is 1.58. The molecule has 0 saturated heterocycles. The first-order valence-corrected chi connectivity index (χ1v) is 5.22. The highest BCUT2D eigenvalue weighted by Crippen LogP contribution is 2.17. The summed E-state index contributed by atoms with van der Waals surface area (Å²) in [7, 11) is 0. The zero-order valence-corrected chi connectivity index (χ0v) is 9.19. The van der Waals surface area contributed by atoms with Gasteiger partial charge < -0.3 is 14.8 Å². The Balaban J connectivity index is 2.29. The Hall–Kier alpha value is -2.24. The maximum absolute atomic E-state index is 11.0. The monoisotopic (exact) mass is 236 g/mol. The standard InChI is InChI=1S/C11H12N2O4/c1-2-7(10(14)15)12-6-3-4-9-8(5-6)13-11(16)17-9/h3-5,7,12H,2H2,1H3,(H,13,16)(H,14,15). The van der Waals surface area contributed by atoms with E-state index in [-0.39, 0.29) is 0 Å². The number of carboxylic acids is 1. The lowest BCUT2D eigenvalue weighted by atomic mass is 10.2. The topological polar surface area (TPSA) is 95.3 Å².